The van der Waals surface area contributed by atoms with E-state index < -0.39 is 5.97 Å². The average Bonchev–Trinajstić information content (AvgIpc) is 1.82. The Morgan fingerprint density at radius 1 is 1.70 bits per heavy atom. The average molecular weight is 142 g/mol. The number of hydrogen-bond acceptors (Lipinski definition) is 3. The van der Waals surface area contributed by atoms with E-state index in [0.29, 0.717) is 0 Å². The Kier molecular flexibility index (Phi) is 4.34. The van der Waals surface area contributed by atoms with E-state index in [4.69, 9.17) is 5.11 Å². The van der Waals surface area contributed by atoms with Crippen molar-refractivity contribution in [3.8, 4) is 11.8 Å². The summed E-state index contributed by atoms with van der Waals surface area (Å²) in [5.41, 5.74) is 0. The van der Waals surface area contributed by atoms with Gasteiger partial charge in [0.15, 0.2) is 0 Å². The van der Waals surface area contributed by atoms with E-state index in [-0.39, 0.29) is 12.7 Å². The molecule has 10 heavy (non-hydrogen) atoms. The number of aliphatic hydroxyl groups is 1. The Bertz CT molecular complexity index is 161. The number of aliphatic hydroxyl groups excluding tert-OH is 1. The second kappa shape index (κ2) is 4.83. The van der Waals surface area contributed by atoms with Gasteiger partial charge in [-0.05, 0) is 13.8 Å². The molecule has 3 nitrogen and oxygen atoms in total. The zero-order valence-electron chi connectivity index (χ0n) is 6.05. The SMILES string of the molecule is CC(C)OC(=O)C#CCO. The normalized spacial score (nSPS) is 8.40. The van der Waals surface area contributed by atoms with Crippen molar-refractivity contribution >= 4 is 5.97 Å². The van der Waals surface area contributed by atoms with Crippen molar-refractivity contribution in [2.24, 2.45) is 0 Å². The molecule has 0 radical (unpaired) electrons. The van der Waals surface area contributed by atoms with Crippen LogP contribution < -0.4 is 0 Å². The Morgan fingerprint density at radius 2 is 2.30 bits per heavy atom. The van der Waals surface area contributed by atoms with Crippen LogP contribution in [0.1, 0.15) is 13.8 Å². The first kappa shape index (κ1) is 8.99. The minimum absolute atomic E-state index is 0.152. The van der Waals surface area contributed by atoms with Crippen molar-refractivity contribution in [1.82, 2.24) is 0 Å². The summed E-state index contributed by atoms with van der Waals surface area (Å²) in [5, 5.41) is 8.17. The van der Waals surface area contributed by atoms with Gasteiger partial charge in [0.25, 0.3) is 0 Å². The van der Waals surface area contributed by atoms with Crippen molar-refractivity contribution < 1.29 is 14.6 Å². The van der Waals surface area contributed by atoms with E-state index >= 15 is 0 Å². The van der Waals surface area contributed by atoms with Crippen LogP contribution in [0.3, 0.4) is 0 Å². The molecule has 1 N–H and O–H groups in total. The lowest BCUT2D eigenvalue weighted by Gasteiger charge is -2.01. The number of carbonyl (C=O) groups excluding carboxylic acids is 1. The Hall–Kier alpha value is -1.01. The van der Waals surface area contributed by atoms with Gasteiger partial charge >= 0.3 is 5.97 Å². The lowest BCUT2D eigenvalue weighted by atomic mass is 10.5. The Balaban J connectivity index is 3.64. The molecule has 0 saturated carbocycles. The van der Waals surface area contributed by atoms with Crippen LogP contribution >= 0.6 is 0 Å². The molecule has 0 unspecified atom stereocenters. The van der Waals surface area contributed by atoms with Crippen LogP contribution in [0.5, 0.6) is 0 Å². The summed E-state index contributed by atoms with van der Waals surface area (Å²) in [6.45, 7) is 3.16. The zero-order chi connectivity index (χ0) is 7.98. The summed E-state index contributed by atoms with van der Waals surface area (Å²) < 4.78 is 4.63. The third-order valence-electron chi connectivity index (χ3n) is 0.612. The molecular formula is C7H10O3. The number of hydrogen-bond donors (Lipinski definition) is 1. The van der Waals surface area contributed by atoms with Crippen LogP contribution in [0.4, 0.5) is 0 Å². The molecule has 0 aromatic carbocycles. The zero-order valence-corrected chi connectivity index (χ0v) is 6.05. The maximum atomic E-state index is 10.5. The van der Waals surface area contributed by atoms with Crippen LogP contribution in [0, 0.1) is 11.8 Å². The van der Waals surface area contributed by atoms with Crippen LogP contribution in [0.2, 0.25) is 0 Å². The second-order valence-corrected chi connectivity index (χ2v) is 1.91. The quantitative estimate of drug-likeness (QED) is 0.317. The molecule has 0 amide bonds. The highest BCUT2D eigenvalue weighted by molar-refractivity contribution is 5.88. The van der Waals surface area contributed by atoms with Crippen LogP contribution in [-0.2, 0) is 9.53 Å². The van der Waals surface area contributed by atoms with Gasteiger partial charge < -0.3 is 9.84 Å². The maximum Gasteiger partial charge on any atom is 0.384 e. The molecule has 0 aliphatic heterocycles. The molecule has 0 aromatic rings. The third-order valence-corrected chi connectivity index (χ3v) is 0.612. The topological polar surface area (TPSA) is 46.5 Å². The van der Waals surface area contributed by atoms with Gasteiger partial charge in [0.1, 0.15) is 6.61 Å². The first-order valence-corrected chi connectivity index (χ1v) is 2.97. The van der Waals surface area contributed by atoms with Gasteiger partial charge in [0.05, 0.1) is 6.10 Å². The fraction of sp³-hybridized carbons (Fsp3) is 0.571. The van der Waals surface area contributed by atoms with E-state index in [1.807, 2.05) is 0 Å². The summed E-state index contributed by atoms with van der Waals surface area (Å²) in [6, 6.07) is 0. The van der Waals surface area contributed by atoms with Gasteiger partial charge in [-0.15, -0.1) is 0 Å². The molecule has 0 spiro atoms. The van der Waals surface area contributed by atoms with Crippen LogP contribution in [0.25, 0.3) is 0 Å². The minimum Gasteiger partial charge on any atom is -0.453 e. The fourth-order valence-electron chi connectivity index (χ4n) is 0.355. The molecule has 0 aliphatic rings. The highest BCUT2D eigenvalue weighted by atomic mass is 16.5. The molecule has 0 rings (SSSR count). The summed E-state index contributed by atoms with van der Waals surface area (Å²) >= 11 is 0. The highest BCUT2D eigenvalue weighted by Crippen LogP contribution is 1.86. The molecular weight excluding hydrogens is 132 g/mol. The molecule has 0 bridgehead atoms. The fourth-order valence-corrected chi connectivity index (χ4v) is 0.355. The largest absolute Gasteiger partial charge is 0.453 e. The summed E-state index contributed by atoms with van der Waals surface area (Å²) in [5.74, 6) is 3.69. The predicted octanol–water partition coefficient (Wildman–Crippen LogP) is -0.0663. The molecule has 0 saturated heterocycles. The third kappa shape index (κ3) is 5.13. The van der Waals surface area contributed by atoms with Gasteiger partial charge in [0.2, 0.25) is 0 Å². The Morgan fingerprint density at radius 3 is 2.70 bits per heavy atom. The Labute approximate surface area is 60.0 Å². The smallest absolute Gasteiger partial charge is 0.384 e. The van der Waals surface area contributed by atoms with Crippen molar-refractivity contribution in [3.05, 3.63) is 0 Å². The molecule has 0 aliphatic carbocycles. The molecule has 0 fully saturated rings. The van der Waals surface area contributed by atoms with Gasteiger partial charge in [-0.3, -0.25) is 0 Å². The van der Waals surface area contributed by atoms with Crippen LogP contribution in [0.15, 0.2) is 0 Å². The van der Waals surface area contributed by atoms with E-state index in [1.165, 1.54) is 0 Å². The van der Waals surface area contributed by atoms with Gasteiger partial charge in [0, 0.05) is 5.92 Å². The first-order chi connectivity index (χ1) is 4.66. The maximum absolute atomic E-state index is 10.5. The van der Waals surface area contributed by atoms with E-state index in [0.717, 1.165) is 0 Å². The molecule has 56 valence electrons. The number of esters is 1. The van der Waals surface area contributed by atoms with Crippen molar-refractivity contribution in [1.29, 1.82) is 0 Å². The predicted molar refractivity (Wildman–Crippen MR) is 36.1 cm³/mol. The monoisotopic (exact) mass is 142 g/mol. The van der Waals surface area contributed by atoms with E-state index in [2.05, 4.69) is 16.6 Å². The molecule has 0 aromatic heterocycles. The van der Waals surface area contributed by atoms with Crippen molar-refractivity contribution in [2.75, 3.05) is 6.61 Å². The standard InChI is InChI=1S/C7H10O3/c1-6(2)10-7(9)4-3-5-8/h6,8H,5H2,1-2H3. The highest BCUT2D eigenvalue weighted by Gasteiger charge is 1.98. The summed E-state index contributed by atoms with van der Waals surface area (Å²) in [7, 11) is 0. The number of carbonyl (C=O) groups is 1. The first-order valence-electron chi connectivity index (χ1n) is 2.97. The van der Waals surface area contributed by atoms with E-state index in [9.17, 15) is 4.79 Å². The van der Waals surface area contributed by atoms with Gasteiger partial charge in [-0.2, -0.15) is 0 Å². The second-order valence-electron chi connectivity index (χ2n) is 1.91. The van der Waals surface area contributed by atoms with E-state index in [1.54, 1.807) is 13.8 Å². The summed E-state index contributed by atoms with van der Waals surface area (Å²) in [4.78, 5) is 10.5. The van der Waals surface area contributed by atoms with Crippen LogP contribution in [-0.4, -0.2) is 23.8 Å². The number of rotatable bonds is 1. The lowest BCUT2D eigenvalue weighted by molar-refractivity contribution is -0.140. The van der Waals surface area contributed by atoms with Crippen molar-refractivity contribution in [3.63, 3.8) is 0 Å². The summed E-state index contributed by atoms with van der Waals surface area (Å²) in [6.07, 6.45) is -0.152. The van der Waals surface area contributed by atoms with Gasteiger partial charge in [-0.1, -0.05) is 5.92 Å². The molecule has 0 heterocycles. The lowest BCUT2D eigenvalue weighted by Crippen LogP contribution is -2.08. The van der Waals surface area contributed by atoms with Crippen molar-refractivity contribution in [2.45, 2.75) is 20.0 Å². The number of ether oxygens (including phenoxy) is 1. The van der Waals surface area contributed by atoms with Gasteiger partial charge in [-0.25, -0.2) is 4.79 Å². The molecule has 3 heteroatoms. The minimum atomic E-state index is -0.593. The molecule has 0 atom stereocenters.